The molecule has 16 heavy (non-hydrogen) atoms. The van der Waals surface area contributed by atoms with E-state index in [4.69, 9.17) is 0 Å². The molecule has 1 saturated heterocycles. The predicted molar refractivity (Wildman–Crippen MR) is 56.8 cm³/mol. The van der Waals surface area contributed by atoms with Gasteiger partial charge in [0.15, 0.2) is 0 Å². The van der Waals surface area contributed by atoms with Gasteiger partial charge >= 0.3 is 0 Å². The molecule has 7 nitrogen and oxygen atoms in total. The van der Waals surface area contributed by atoms with Crippen LogP contribution in [0.4, 0.5) is 0 Å². The fraction of sp³-hybridized carbons (Fsp3) is 0.778. The molecule has 1 amide bonds. The van der Waals surface area contributed by atoms with Crippen LogP contribution in [-0.4, -0.2) is 69.6 Å². The van der Waals surface area contributed by atoms with Crippen molar-refractivity contribution >= 4 is 5.91 Å². The highest BCUT2D eigenvalue weighted by Crippen LogP contribution is 2.15. The fourth-order valence-corrected chi connectivity index (χ4v) is 2.03. The molecule has 1 aromatic heterocycles. The highest BCUT2D eigenvalue weighted by atomic mass is 16.2. The molecular weight excluding hydrogens is 208 g/mol. The first-order chi connectivity index (χ1) is 7.68. The van der Waals surface area contributed by atoms with E-state index in [1.54, 1.807) is 11.9 Å². The number of likely N-dealkylation sites (tertiary alicyclic amines) is 1. The van der Waals surface area contributed by atoms with Gasteiger partial charge in [-0.2, -0.15) is 5.21 Å². The number of amides is 1. The minimum Gasteiger partial charge on any atom is -0.337 e. The maximum Gasteiger partial charge on any atom is 0.295 e. The lowest BCUT2D eigenvalue weighted by atomic mass is 10.2. The number of hydrogen-bond donors (Lipinski definition) is 1. The summed E-state index contributed by atoms with van der Waals surface area (Å²) in [5.41, 5.74) is 0. The average molecular weight is 224 g/mol. The van der Waals surface area contributed by atoms with Gasteiger partial charge < -0.3 is 9.80 Å². The minimum atomic E-state index is -0.186. The summed E-state index contributed by atoms with van der Waals surface area (Å²) in [6, 6.07) is 0.445. The highest BCUT2D eigenvalue weighted by Gasteiger charge is 2.25. The largest absolute Gasteiger partial charge is 0.337 e. The maximum atomic E-state index is 11.8. The molecule has 0 bridgehead atoms. The smallest absolute Gasteiger partial charge is 0.295 e. The first kappa shape index (κ1) is 11.0. The predicted octanol–water partition coefficient (Wildman–Crippen LogP) is -0.634. The van der Waals surface area contributed by atoms with Gasteiger partial charge in [0.25, 0.3) is 11.7 Å². The molecule has 0 aliphatic carbocycles. The van der Waals surface area contributed by atoms with E-state index in [-0.39, 0.29) is 11.7 Å². The van der Waals surface area contributed by atoms with Gasteiger partial charge in [0.1, 0.15) is 0 Å². The van der Waals surface area contributed by atoms with Crippen LogP contribution in [0, 0.1) is 0 Å². The third-order valence-electron chi connectivity index (χ3n) is 3.04. The van der Waals surface area contributed by atoms with Gasteiger partial charge in [0, 0.05) is 19.6 Å². The number of tetrazole rings is 1. The molecule has 1 unspecified atom stereocenters. The number of likely N-dealkylation sites (N-methyl/N-ethyl adjacent to an activating group) is 2. The Bertz CT molecular complexity index is 351. The monoisotopic (exact) mass is 224 g/mol. The topological polar surface area (TPSA) is 78.0 Å². The summed E-state index contributed by atoms with van der Waals surface area (Å²) in [6.45, 7) is 1.82. The normalized spacial score (nSPS) is 21.2. The highest BCUT2D eigenvalue weighted by molar-refractivity contribution is 5.89. The van der Waals surface area contributed by atoms with Crippen molar-refractivity contribution in [1.82, 2.24) is 30.4 Å². The van der Waals surface area contributed by atoms with E-state index >= 15 is 0 Å². The number of nitrogens with zero attached hydrogens (tertiary/aromatic N) is 5. The van der Waals surface area contributed by atoms with Crippen LogP contribution in [0.1, 0.15) is 23.5 Å². The molecular formula is C9H16N6O. The molecule has 1 atom stereocenters. The van der Waals surface area contributed by atoms with Crippen molar-refractivity contribution in [3.05, 3.63) is 5.82 Å². The van der Waals surface area contributed by atoms with Crippen molar-refractivity contribution in [2.75, 3.05) is 27.2 Å². The first-order valence-corrected chi connectivity index (χ1v) is 5.37. The van der Waals surface area contributed by atoms with Crippen LogP contribution in [0.15, 0.2) is 0 Å². The van der Waals surface area contributed by atoms with Crippen molar-refractivity contribution in [2.45, 2.75) is 18.9 Å². The summed E-state index contributed by atoms with van der Waals surface area (Å²) >= 11 is 0. The van der Waals surface area contributed by atoms with E-state index in [0.29, 0.717) is 12.6 Å². The molecule has 1 aliphatic rings. The second-order valence-electron chi connectivity index (χ2n) is 4.20. The second kappa shape index (κ2) is 4.56. The Morgan fingerprint density at radius 1 is 1.69 bits per heavy atom. The third kappa shape index (κ3) is 2.19. The van der Waals surface area contributed by atoms with Crippen molar-refractivity contribution < 1.29 is 4.79 Å². The lowest BCUT2D eigenvalue weighted by Gasteiger charge is -2.24. The number of H-pyrrole nitrogens is 1. The van der Waals surface area contributed by atoms with Gasteiger partial charge in [0.05, 0.1) is 0 Å². The average Bonchev–Trinajstić information content (AvgIpc) is 2.89. The van der Waals surface area contributed by atoms with E-state index in [1.807, 2.05) is 0 Å². The van der Waals surface area contributed by atoms with Crippen LogP contribution in [0.2, 0.25) is 0 Å². The van der Waals surface area contributed by atoms with E-state index in [9.17, 15) is 4.79 Å². The summed E-state index contributed by atoms with van der Waals surface area (Å²) < 4.78 is 0. The number of aromatic nitrogens is 4. The van der Waals surface area contributed by atoms with Crippen LogP contribution in [0.25, 0.3) is 0 Å². The Morgan fingerprint density at radius 3 is 3.06 bits per heavy atom. The molecule has 2 heterocycles. The van der Waals surface area contributed by atoms with Crippen LogP contribution < -0.4 is 0 Å². The van der Waals surface area contributed by atoms with Gasteiger partial charge in [-0.1, -0.05) is 0 Å². The molecule has 0 aromatic carbocycles. The summed E-state index contributed by atoms with van der Waals surface area (Å²) in [5.74, 6) is -0.0581. The zero-order chi connectivity index (χ0) is 11.5. The number of nitrogens with one attached hydrogen (secondary N) is 1. The van der Waals surface area contributed by atoms with Crippen LogP contribution in [0.5, 0.6) is 0 Å². The zero-order valence-electron chi connectivity index (χ0n) is 9.55. The van der Waals surface area contributed by atoms with Gasteiger partial charge in [-0.3, -0.25) is 4.79 Å². The molecule has 1 fully saturated rings. The van der Waals surface area contributed by atoms with Crippen LogP contribution in [0.3, 0.4) is 0 Å². The Labute approximate surface area is 93.8 Å². The van der Waals surface area contributed by atoms with E-state index < -0.39 is 0 Å². The number of hydrogen-bond acceptors (Lipinski definition) is 5. The Morgan fingerprint density at radius 2 is 2.50 bits per heavy atom. The molecule has 88 valence electrons. The Balaban J connectivity index is 1.93. The van der Waals surface area contributed by atoms with Gasteiger partial charge in [-0.05, 0) is 31.6 Å². The zero-order valence-corrected chi connectivity index (χ0v) is 9.55. The molecule has 0 saturated carbocycles. The SMILES string of the molecule is CN(CC1CCCN1C)C(=O)c1nn[nH]n1. The summed E-state index contributed by atoms with van der Waals surface area (Å²) in [7, 11) is 3.86. The minimum absolute atomic E-state index is 0.128. The lowest BCUT2D eigenvalue weighted by Crippen LogP contribution is -2.39. The summed E-state index contributed by atoms with van der Waals surface area (Å²) in [4.78, 5) is 15.8. The number of aromatic amines is 1. The maximum absolute atomic E-state index is 11.8. The van der Waals surface area contributed by atoms with Gasteiger partial charge in [-0.25, -0.2) is 0 Å². The number of rotatable bonds is 3. The van der Waals surface area contributed by atoms with E-state index in [0.717, 1.165) is 13.0 Å². The molecule has 1 aromatic rings. The van der Waals surface area contributed by atoms with Crippen LogP contribution >= 0.6 is 0 Å². The van der Waals surface area contributed by atoms with Crippen molar-refractivity contribution in [3.63, 3.8) is 0 Å². The summed E-state index contributed by atoms with van der Waals surface area (Å²) in [5, 5.41) is 13.0. The first-order valence-electron chi connectivity index (χ1n) is 5.37. The molecule has 1 aliphatic heterocycles. The molecule has 2 rings (SSSR count). The third-order valence-corrected chi connectivity index (χ3v) is 3.04. The fourth-order valence-electron chi connectivity index (χ4n) is 2.03. The molecule has 0 radical (unpaired) electrons. The Kier molecular flexibility index (Phi) is 3.14. The van der Waals surface area contributed by atoms with Crippen LogP contribution in [-0.2, 0) is 0 Å². The lowest BCUT2D eigenvalue weighted by molar-refractivity contribution is 0.0749. The van der Waals surface area contributed by atoms with Crippen molar-refractivity contribution in [3.8, 4) is 0 Å². The molecule has 1 N–H and O–H groups in total. The van der Waals surface area contributed by atoms with Gasteiger partial charge in [-0.15, -0.1) is 10.2 Å². The van der Waals surface area contributed by atoms with Gasteiger partial charge in [0.2, 0.25) is 0 Å². The number of carbonyl (C=O) groups is 1. The second-order valence-corrected chi connectivity index (χ2v) is 4.20. The molecule has 0 spiro atoms. The molecule has 7 heteroatoms. The Hall–Kier alpha value is -1.50. The standard InChI is InChI=1S/C9H16N6O/c1-14-5-3-4-7(14)6-15(2)9(16)8-10-12-13-11-8/h7H,3-6H2,1-2H3,(H,10,11,12,13). The van der Waals surface area contributed by atoms with Crippen molar-refractivity contribution in [2.24, 2.45) is 0 Å². The van der Waals surface area contributed by atoms with E-state index in [1.165, 1.54) is 6.42 Å². The number of carbonyl (C=O) groups excluding carboxylic acids is 1. The van der Waals surface area contributed by atoms with E-state index in [2.05, 4.69) is 32.6 Å². The quantitative estimate of drug-likeness (QED) is 0.739. The summed E-state index contributed by atoms with van der Waals surface area (Å²) in [6.07, 6.45) is 2.34. The van der Waals surface area contributed by atoms with Crippen molar-refractivity contribution in [1.29, 1.82) is 0 Å².